The minimum absolute atomic E-state index is 0.108. The Morgan fingerprint density at radius 3 is 2.41 bits per heavy atom. The van der Waals surface area contributed by atoms with Crippen molar-refractivity contribution in [2.24, 2.45) is 0 Å². The lowest BCUT2D eigenvalue weighted by molar-refractivity contribution is -0.127. The molecule has 0 radical (unpaired) electrons. The summed E-state index contributed by atoms with van der Waals surface area (Å²) in [6, 6.07) is 17.8. The number of nitrogens with zero attached hydrogens (tertiary/aromatic N) is 1. The number of methoxy groups -OCH3 is 2. The first-order valence-electron chi connectivity index (χ1n) is 11.5. The molecule has 0 bridgehead atoms. The summed E-state index contributed by atoms with van der Waals surface area (Å²) in [4.78, 5) is 30.2. The molecule has 4 rings (SSSR count). The van der Waals surface area contributed by atoms with E-state index in [1.807, 2.05) is 60.0 Å². The highest BCUT2D eigenvalue weighted by Crippen LogP contribution is 2.39. The van der Waals surface area contributed by atoms with Crippen molar-refractivity contribution in [3.63, 3.8) is 0 Å². The first-order valence-corrected chi connectivity index (χ1v) is 12.4. The third-order valence-electron chi connectivity index (χ3n) is 6.14. The molecule has 2 aromatic carbocycles. The van der Waals surface area contributed by atoms with Crippen molar-refractivity contribution in [1.82, 2.24) is 5.32 Å². The minimum atomic E-state index is -0.916. The van der Waals surface area contributed by atoms with Gasteiger partial charge < -0.3 is 14.8 Å². The predicted octanol–water partition coefficient (Wildman–Crippen LogP) is 5.14. The number of benzene rings is 2. The van der Waals surface area contributed by atoms with Crippen LogP contribution in [0.25, 0.3) is 0 Å². The maximum Gasteiger partial charge on any atom is 0.248 e. The highest BCUT2D eigenvalue weighted by atomic mass is 32.1. The van der Waals surface area contributed by atoms with E-state index in [2.05, 4.69) is 5.32 Å². The van der Waals surface area contributed by atoms with Gasteiger partial charge in [0.05, 0.1) is 20.6 Å². The van der Waals surface area contributed by atoms with Crippen LogP contribution in [0.1, 0.15) is 42.2 Å². The summed E-state index contributed by atoms with van der Waals surface area (Å²) in [7, 11) is 3.11. The van der Waals surface area contributed by atoms with Gasteiger partial charge in [-0.3, -0.25) is 14.5 Å². The summed E-state index contributed by atoms with van der Waals surface area (Å²) >= 11 is 1.53. The fourth-order valence-corrected chi connectivity index (χ4v) is 5.24. The topological polar surface area (TPSA) is 67.9 Å². The van der Waals surface area contributed by atoms with Gasteiger partial charge in [-0.15, -0.1) is 11.3 Å². The molecular formula is C27H30N2O4S. The van der Waals surface area contributed by atoms with Gasteiger partial charge in [-0.2, -0.15) is 0 Å². The Hall–Kier alpha value is -3.32. The molecule has 0 saturated heterocycles. The van der Waals surface area contributed by atoms with Gasteiger partial charge in [-0.05, 0) is 42.5 Å². The maximum absolute atomic E-state index is 13.9. The molecule has 1 N–H and O–H groups in total. The van der Waals surface area contributed by atoms with E-state index in [9.17, 15) is 9.59 Å². The molecule has 34 heavy (non-hydrogen) atoms. The zero-order valence-electron chi connectivity index (χ0n) is 19.5. The molecule has 0 unspecified atom stereocenters. The third kappa shape index (κ3) is 5.25. The van der Waals surface area contributed by atoms with E-state index < -0.39 is 6.04 Å². The molecular weight excluding hydrogens is 448 g/mol. The SMILES string of the molecule is COc1cccc([C@@H](C(=O)NC2CCCC2)N(C(=O)Cc2cccs2)c2ccccc2)c1OC. The monoisotopic (exact) mass is 478 g/mol. The fraction of sp³-hybridized carbons (Fsp3) is 0.333. The Kier molecular flexibility index (Phi) is 7.85. The number of carbonyl (C=O) groups is 2. The van der Waals surface area contributed by atoms with Crippen LogP contribution < -0.4 is 19.7 Å². The standard InChI is InChI=1S/C27H30N2O4S/c1-32-23-16-8-15-22(26(23)33-2)25(27(31)28-19-10-6-7-11-19)29(20-12-4-3-5-13-20)24(30)18-21-14-9-17-34-21/h3-5,8-9,12-17,19,25H,6-7,10-11,18H2,1-2H3,(H,28,31)/t25-/m0/s1. The van der Waals surface area contributed by atoms with Crippen LogP contribution in [0.2, 0.25) is 0 Å². The van der Waals surface area contributed by atoms with E-state index in [1.54, 1.807) is 25.2 Å². The molecule has 1 aliphatic rings. The lowest BCUT2D eigenvalue weighted by Gasteiger charge is -2.33. The van der Waals surface area contributed by atoms with Crippen LogP contribution in [0.4, 0.5) is 5.69 Å². The van der Waals surface area contributed by atoms with Crippen LogP contribution in [-0.4, -0.2) is 32.1 Å². The molecule has 0 aliphatic heterocycles. The van der Waals surface area contributed by atoms with Crippen molar-refractivity contribution in [2.75, 3.05) is 19.1 Å². The molecule has 1 fully saturated rings. The normalized spacial score (nSPS) is 14.4. The van der Waals surface area contributed by atoms with Crippen LogP contribution in [0.15, 0.2) is 66.0 Å². The lowest BCUT2D eigenvalue weighted by Crippen LogP contribution is -2.47. The van der Waals surface area contributed by atoms with E-state index in [0.717, 1.165) is 30.6 Å². The maximum atomic E-state index is 13.9. The van der Waals surface area contributed by atoms with E-state index in [-0.39, 0.29) is 24.3 Å². The number of rotatable bonds is 9. The second-order valence-corrected chi connectivity index (χ2v) is 9.36. The predicted molar refractivity (Wildman–Crippen MR) is 135 cm³/mol. The average Bonchev–Trinajstić information content (AvgIpc) is 3.56. The third-order valence-corrected chi connectivity index (χ3v) is 7.02. The van der Waals surface area contributed by atoms with Crippen LogP contribution in [0, 0.1) is 0 Å². The number of ether oxygens (including phenoxy) is 2. The highest BCUT2D eigenvalue weighted by Gasteiger charge is 2.36. The second kappa shape index (κ2) is 11.2. The van der Waals surface area contributed by atoms with Crippen molar-refractivity contribution >= 4 is 28.8 Å². The van der Waals surface area contributed by atoms with Gasteiger partial charge in [0.15, 0.2) is 11.5 Å². The van der Waals surface area contributed by atoms with E-state index in [0.29, 0.717) is 22.7 Å². The van der Waals surface area contributed by atoms with Crippen LogP contribution in [0.3, 0.4) is 0 Å². The lowest BCUT2D eigenvalue weighted by atomic mass is 10.00. The van der Waals surface area contributed by atoms with Crippen molar-refractivity contribution in [2.45, 2.75) is 44.2 Å². The van der Waals surface area contributed by atoms with Gasteiger partial charge in [-0.25, -0.2) is 0 Å². The van der Waals surface area contributed by atoms with Crippen LogP contribution >= 0.6 is 11.3 Å². The van der Waals surface area contributed by atoms with Crippen LogP contribution in [-0.2, 0) is 16.0 Å². The summed E-state index contributed by atoms with van der Waals surface area (Å²) in [5.74, 6) is 0.575. The summed E-state index contributed by atoms with van der Waals surface area (Å²) < 4.78 is 11.2. The fourth-order valence-electron chi connectivity index (χ4n) is 4.55. The molecule has 6 nitrogen and oxygen atoms in total. The van der Waals surface area contributed by atoms with E-state index in [4.69, 9.17) is 9.47 Å². The number of amides is 2. The molecule has 1 saturated carbocycles. The highest BCUT2D eigenvalue weighted by molar-refractivity contribution is 7.10. The molecule has 7 heteroatoms. The Morgan fingerprint density at radius 2 is 1.76 bits per heavy atom. The average molecular weight is 479 g/mol. The van der Waals surface area contributed by atoms with Crippen molar-refractivity contribution < 1.29 is 19.1 Å². The van der Waals surface area contributed by atoms with E-state index in [1.165, 1.54) is 11.3 Å². The smallest absolute Gasteiger partial charge is 0.248 e. The molecule has 0 spiro atoms. The van der Waals surface area contributed by atoms with Crippen LogP contribution in [0.5, 0.6) is 11.5 Å². The first kappa shape index (κ1) is 23.8. The number of hydrogen-bond acceptors (Lipinski definition) is 5. The number of para-hydroxylation sites is 2. The van der Waals surface area contributed by atoms with Crippen molar-refractivity contribution in [3.8, 4) is 11.5 Å². The molecule has 3 aromatic rings. The Morgan fingerprint density at radius 1 is 1.00 bits per heavy atom. The summed E-state index contributed by atoms with van der Waals surface area (Å²) in [5, 5.41) is 5.15. The first-order chi connectivity index (χ1) is 16.6. The van der Waals surface area contributed by atoms with Crippen molar-refractivity contribution in [1.29, 1.82) is 0 Å². The second-order valence-electron chi connectivity index (χ2n) is 8.33. The molecule has 2 amide bonds. The quantitative estimate of drug-likeness (QED) is 0.462. The number of hydrogen-bond donors (Lipinski definition) is 1. The summed E-state index contributed by atoms with van der Waals surface area (Å²) in [6.45, 7) is 0. The zero-order valence-corrected chi connectivity index (χ0v) is 20.3. The summed E-state index contributed by atoms with van der Waals surface area (Å²) in [6.07, 6.45) is 4.28. The van der Waals surface area contributed by atoms with Crippen molar-refractivity contribution in [3.05, 3.63) is 76.5 Å². The van der Waals surface area contributed by atoms with Gasteiger partial charge in [0, 0.05) is 22.2 Å². The minimum Gasteiger partial charge on any atom is -0.493 e. The van der Waals surface area contributed by atoms with E-state index >= 15 is 0 Å². The Labute approximate surface area is 204 Å². The van der Waals surface area contributed by atoms with Gasteiger partial charge in [-0.1, -0.05) is 49.2 Å². The zero-order chi connectivity index (χ0) is 23.9. The molecule has 1 aromatic heterocycles. The molecule has 178 valence electrons. The van der Waals surface area contributed by atoms with Gasteiger partial charge in [0.1, 0.15) is 6.04 Å². The number of carbonyl (C=O) groups excluding carboxylic acids is 2. The largest absolute Gasteiger partial charge is 0.493 e. The Balaban J connectivity index is 1.82. The number of thiophene rings is 1. The van der Waals surface area contributed by atoms with Gasteiger partial charge >= 0.3 is 0 Å². The number of anilines is 1. The molecule has 1 aliphatic carbocycles. The molecule has 1 heterocycles. The Bertz CT molecular complexity index is 1100. The van der Waals surface area contributed by atoms with Gasteiger partial charge in [0.25, 0.3) is 0 Å². The number of nitrogens with one attached hydrogen (secondary N) is 1. The molecule has 1 atom stereocenters. The van der Waals surface area contributed by atoms with Gasteiger partial charge in [0.2, 0.25) is 11.8 Å². The summed E-state index contributed by atoms with van der Waals surface area (Å²) in [5.41, 5.74) is 1.24.